The van der Waals surface area contributed by atoms with Gasteiger partial charge in [-0.2, -0.15) is 5.26 Å². The third kappa shape index (κ3) is 2.60. The molecule has 0 N–H and O–H groups in total. The van der Waals surface area contributed by atoms with Gasteiger partial charge in [-0.1, -0.05) is 6.07 Å². The predicted octanol–water partition coefficient (Wildman–Crippen LogP) is 2.44. The van der Waals surface area contributed by atoms with Crippen LogP contribution in [-0.4, -0.2) is 37.6 Å². The van der Waals surface area contributed by atoms with E-state index in [2.05, 4.69) is 29.8 Å². The van der Waals surface area contributed by atoms with Crippen molar-refractivity contribution in [1.29, 1.82) is 5.26 Å². The first-order valence-corrected chi connectivity index (χ1v) is 6.73. The molecule has 0 saturated carbocycles. The molecule has 0 aromatic heterocycles. The third-order valence-electron chi connectivity index (χ3n) is 3.48. The quantitative estimate of drug-likeness (QED) is 0.768. The topological polar surface area (TPSA) is 30.3 Å². The summed E-state index contributed by atoms with van der Waals surface area (Å²) >= 11 is 5.81. The molecule has 18 heavy (non-hydrogen) atoms. The Balaban J connectivity index is 2.30. The Morgan fingerprint density at radius 1 is 1.44 bits per heavy atom. The van der Waals surface area contributed by atoms with Crippen LogP contribution >= 0.6 is 11.6 Å². The Kier molecular flexibility index (Phi) is 4.11. The average Bonchev–Trinajstić information content (AvgIpc) is 2.38. The van der Waals surface area contributed by atoms with Crippen LogP contribution in [0.5, 0.6) is 0 Å². The van der Waals surface area contributed by atoms with E-state index in [-0.39, 0.29) is 0 Å². The molecule has 0 aliphatic carbocycles. The van der Waals surface area contributed by atoms with Gasteiger partial charge in [0.2, 0.25) is 0 Å². The van der Waals surface area contributed by atoms with Gasteiger partial charge >= 0.3 is 0 Å². The summed E-state index contributed by atoms with van der Waals surface area (Å²) in [7, 11) is 2.13. The van der Waals surface area contributed by atoms with Crippen LogP contribution in [0.25, 0.3) is 0 Å². The molecule has 1 fully saturated rings. The van der Waals surface area contributed by atoms with Crippen LogP contribution in [0.15, 0.2) is 18.2 Å². The van der Waals surface area contributed by atoms with E-state index in [9.17, 15) is 5.26 Å². The van der Waals surface area contributed by atoms with Gasteiger partial charge in [-0.25, -0.2) is 0 Å². The highest BCUT2D eigenvalue weighted by Crippen LogP contribution is 2.25. The molecule has 0 amide bonds. The Labute approximate surface area is 114 Å². The number of hydrogen-bond donors (Lipinski definition) is 0. The van der Waals surface area contributed by atoms with Crippen molar-refractivity contribution >= 4 is 17.3 Å². The van der Waals surface area contributed by atoms with Crippen molar-refractivity contribution < 1.29 is 0 Å². The van der Waals surface area contributed by atoms with Crippen LogP contribution < -0.4 is 4.90 Å². The number of nitrogens with zero attached hydrogens (tertiary/aromatic N) is 3. The summed E-state index contributed by atoms with van der Waals surface area (Å²) < 4.78 is 0. The second kappa shape index (κ2) is 5.60. The van der Waals surface area contributed by atoms with Crippen LogP contribution in [0.3, 0.4) is 0 Å². The highest BCUT2D eigenvalue weighted by Gasteiger charge is 2.23. The minimum atomic E-state index is 0.428. The largest absolute Gasteiger partial charge is 0.365 e. The summed E-state index contributed by atoms with van der Waals surface area (Å²) in [5.41, 5.74) is 2.76. The van der Waals surface area contributed by atoms with E-state index in [1.54, 1.807) is 0 Å². The van der Waals surface area contributed by atoms with E-state index in [1.807, 2.05) is 18.2 Å². The van der Waals surface area contributed by atoms with Gasteiger partial charge in [0.1, 0.15) is 6.07 Å². The van der Waals surface area contributed by atoms with Gasteiger partial charge in [-0.3, -0.25) is 0 Å². The number of anilines is 1. The van der Waals surface area contributed by atoms with Crippen molar-refractivity contribution in [2.24, 2.45) is 0 Å². The molecule has 1 aromatic rings. The maximum Gasteiger partial charge on any atom is 0.101 e. The van der Waals surface area contributed by atoms with Crippen molar-refractivity contribution in [3.05, 3.63) is 29.3 Å². The van der Waals surface area contributed by atoms with E-state index in [0.29, 0.717) is 11.9 Å². The first kappa shape index (κ1) is 13.2. The number of rotatable bonds is 2. The minimum absolute atomic E-state index is 0.428. The monoisotopic (exact) mass is 263 g/mol. The van der Waals surface area contributed by atoms with Crippen molar-refractivity contribution in [2.45, 2.75) is 18.8 Å². The molecule has 0 radical (unpaired) electrons. The second-order valence-electron chi connectivity index (χ2n) is 4.90. The van der Waals surface area contributed by atoms with Crippen LogP contribution in [0, 0.1) is 11.3 Å². The maximum atomic E-state index is 9.28. The molecule has 0 spiro atoms. The van der Waals surface area contributed by atoms with Crippen molar-refractivity contribution in [2.75, 3.05) is 31.6 Å². The molecule has 4 heteroatoms. The fourth-order valence-corrected chi connectivity index (χ4v) is 2.67. The number of hydrogen-bond acceptors (Lipinski definition) is 3. The zero-order valence-electron chi connectivity index (χ0n) is 10.9. The Morgan fingerprint density at radius 2 is 2.22 bits per heavy atom. The first-order valence-electron chi connectivity index (χ1n) is 6.20. The van der Waals surface area contributed by atoms with Gasteiger partial charge < -0.3 is 9.80 Å². The van der Waals surface area contributed by atoms with Gasteiger partial charge in [0.15, 0.2) is 0 Å². The number of nitriles is 1. The number of likely N-dealkylation sites (N-methyl/N-ethyl adjacent to an activating group) is 1. The lowest BCUT2D eigenvalue weighted by molar-refractivity contribution is 0.275. The minimum Gasteiger partial charge on any atom is -0.365 e. The fourth-order valence-electron chi connectivity index (χ4n) is 2.50. The fraction of sp³-hybridized carbons (Fsp3) is 0.500. The molecule has 0 bridgehead atoms. The van der Waals surface area contributed by atoms with Crippen LogP contribution in [0.4, 0.5) is 5.69 Å². The van der Waals surface area contributed by atoms with E-state index in [0.717, 1.165) is 36.4 Å². The number of benzene rings is 1. The highest BCUT2D eigenvalue weighted by atomic mass is 35.5. The lowest BCUT2D eigenvalue weighted by Gasteiger charge is -2.40. The van der Waals surface area contributed by atoms with Crippen molar-refractivity contribution in [3.63, 3.8) is 0 Å². The standard InChI is InChI=1S/C14H18ClN3/c1-11-10-17(2)5-6-18(11)14-4-3-12(8-15)7-13(14)9-16/h3-4,7,11H,5-6,8,10H2,1-2H3. The molecule has 1 saturated heterocycles. The summed E-state index contributed by atoms with van der Waals surface area (Å²) in [6, 6.07) is 8.64. The molecular formula is C14H18ClN3. The maximum absolute atomic E-state index is 9.28. The number of halogens is 1. The summed E-state index contributed by atoms with van der Waals surface area (Å²) in [6.45, 7) is 5.23. The summed E-state index contributed by atoms with van der Waals surface area (Å²) in [5.74, 6) is 0.452. The zero-order chi connectivity index (χ0) is 13.1. The molecule has 96 valence electrons. The molecule has 1 unspecified atom stereocenters. The third-order valence-corrected chi connectivity index (χ3v) is 3.78. The van der Waals surface area contributed by atoms with Gasteiger partial charge in [0, 0.05) is 31.6 Å². The molecule has 1 aromatic carbocycles. The van der Waals surface area contributed by atoms with E-state index >= 15 is 0 Å². The van der Waals surface area contributed by atoms with Crippen molar-refractivity contribution in [3.8, 4) is 6.07 Å². The summed E-state index contributed by atoms with van der Waals surface area (Å²) in [6.07, 6.45) is 0. The molecule has 1 heterocycles. The van der Waals surface area contributed by atoms with Crippen molar-refractivity contribution in [1.82, 2.24) is 4.90 Å². The average molecular weight is 264 g/mol. The Bertz CT molecular complexity index is 467. The van der Waals surface area contributed by atoms with Gasteiger partial charge in [-0.05, 0) is 31.7 Å². The molecule has 3 nitrogen and oxygen atoms in total. The summed E-state index contributed by atoms with van der Waals surface area (Å²) in [5, 5.41) is 9.28. The molecular weight excluding hydrogens is 246 g/mol. The molecule has 1 atom stereocenters. The highest BCUT2D eigenvalue weighted by molar-refractivity contribution is 6.17. The van der Waals surface area contributed by atoms with Gasteiger partial charge in [0.05, 0.1) is 11.3 Å². The van der Waals surface area contributed by atoms with E-state index in [1.165, 1.54) is 0 Å². The Morgan fingerprint density at radius 3 is 2.83 bits per heavy atom. The number of alkyl halides is 1. The number of piperazine rings is 1. The summed E-state index contributed by atoms with van der Waals surface area (Å²) in [4.78, 5) is 4.64. The van der Waals surface area contributed by atoms with Gasteiger partial charge in [-0.15, -0.1) is 11.6 Å². The molecule has 1 aliphatic heterocycles. The first-order chi connectivity index (χ1) is 8.65. The lowest BCUT2D eigenvalue weighted by Crippen LogP contribution is -2.50. The zero-order valence-corrected chi connectivity index (χ0v) is 11.6. The molecule has 2 rings (SSSR count). The van der Waals surface area contributed by atoms with Gasteiger partial charge in [0.25, 0.3) is 0 Å². The molecule has 1 aliphatic rings. The SMILES string of the molecule is CC1CN(C)CCN1c1ccc(CCl)cc1C#N. The van der Waals surface area contributed by atoms with E-state index < -0.39 is 0 Å². The van der Waals surface area contributed by atoms with Crippen LogP contribution in [-0.2, 0) is 5.88 Å². The lowest BCUT2D eigenvalue weighted by atomic mass is 10.1. The normalized spacial score (nSPS) is 20.8. The predicted molar refractivity (Wildman–Crippen MR) is 75.0 cm³/mol. The second-order valence-corrected chi connectivity index (χ2v) is 5.17. The van der Waals surface area contributed by atoms with Crippen LogP contribution in [0.2, 0.25) is 0 Å². The Hall–Kier alpha value is -1.24. The van der Waals surface area contributed by atoms with Crippen LogP contribution in [0.1, 0.15) is 18.1 Å². The van der Waals surface area contributed by atoms with E-state index in [4.69, 9.17) is 11.6 Å². The smallest absolute Gasteiger partial charge is 0.101 e.